The van der Waals surface area contributed by atoms with Crippen LogP contribution in [0.3, 0.4) is 0 Å². The average Bonchev–Trinajstić information content (AvgIpc) is 2.51. The van der Waals surface area contributed by atoms with Gasteiger partial charge >= 0.3 is 0 Å². The van der Waals surface area contributed by atoms with Crippen LogP contribution in [-0.4, -0.2) is 5.78 Å². The van der Waals surface area contributed by atoms with Crippen molar-refractivity contribution in [1.29, 1.82) is 0 Å². The lowest BCUT2D eigenvalue weighted by molar-refractivity contribution is -0.130. The van der Waals surface area contributed by atoms with Gasteiger partial charge in [-0.3, -0.25) is 4.79 Å². The molecule has 2 nitrogen and oxygen atoms in total. The molecule has 1 aliphatic rings. The van der Waals surface area contributed by atoms with Crippen molar-refractivity contribution in [2.75, 3.05) is 0 Å². The van der Waals surface area contributed by atoms with Crippen LogP contribution in [0, 0.1) is 5.92 Å². The van der Waals surface area contributed by atoms with Gasteiger partial charge in [0.15, 0.2) is 0 Å². The zero-order valence-electron chi connectivity index (χ0n) is 6.41. The number of ketones is 1. The number of hydrogen-bond donors (Lipinski definition) is 0. The molecule has 1 saturated carbocycles. The third-order valence-corrected chi connectivity index (χ3v) is 2.44. The summed E-state index contributed by atoms with van der Waals surface area (Å²) in [6.45, 7) is 1.96. The summed E-state index contributed by atoms with van der Waals surface area (Å²) in [6, 6.07) is 3.80. The molecule has 1 aliphatic carbocycles. The second-order valence-electron chi connectivity index (χ2n) is 3.08. The van der Waals surface area contributed by atoms with Gasteiger partial charge in [0.05, 0.1) is 6.26 Å². The van der Waals surface area contributed by atoms with E-state index in [2.05, 4.69) is 0 Å². The molecular weight excluding hydrogens is 140 g/mol. The standard InChI is InChI=1S/C9H10O2/c1-6-7(5-8(6)10)9-3-2-4-11-9/h2-4,6-7H,5H2,1H3/t6-,7+/m1/s1. The van der Waals surface area contributed by atoms with Crippen molar-refractivity contribution in [2.45, 2.75) is 19.3 Å². The van der Waals surface area contributed by atoms with Crippen molar-refractivity contribution in [3.8, 4) is 0 Å². The van der Waals surface area contributed by atoms with Gasteiger partial charge in [-0.05, 0) is 12.1 Å². The first kappa shape index (κ1) is 6.65. The molecule has 0 amide bonds. The van der Waals surface area contributed by atoms with Gasteiger partial charge in [0.25, 0.3) is 0 Å². The van der Waals surface area contributed by atoms with Gasteiger partial charge in [0.1, 0.15) is 11.5 Å². The molecule has 11 heavy (non-hydrogen) atoms. The van der Waals surface area contributed by atoms with Gasteiger partial charge in [0.2, 0.25) is 0 Å². The molecule has 0 spiro atoms. The Bertz CT molecular complexity index is 261. The van der Waals surface area contributed by atoms with E-state index in [1.807, 2.05) is 19.1 Å². The molecule has 1 heterocycles. The Morgan fingerprint density at radius 1 is 1.64 bits per heavy atom. The third-order valence-electron chi connectivity index (χ3n) is 2.44. The van der Waals surface area contributed by atoms with Gasteiger partial charge in [-0.25, -0.2) is 0 Å². The van der Waals surface area contributed by atoms with E-state index >= 15 is 0 Å². The Morgan fingerprint density at radius 2 is 2.45 bits per heavy atom. The lowest BCUT2D eigenvalue weighted by Crippen LogP contribution is -2.32. The molecule has 2 rings (SSSR count). The average molecular weight is 150 g/mol. The molecule has 0 radical (unpaired) electrons. The van der Waals surface area contributed by atoms with Crippen molar-refractivity contribution in [3.63, 3.8) is 0 Å². The second-order valence-corrected chi connectivity index (χ2v) is 3.08. The fourth-order valence-electron chi connectivity index (χ4n) is 1.49. The first-order valence-electron chi connectivity index (χ1n) is 3.85. The van der Waals surface area contributed by atoms with Crippen molar-refractivity contribution < 1.29 is 9.21 Å². The maximum atomic E-state index is 10.9. The van der Waals surface area contributed by atoms with Gasteiger partial charge in [-0.1, -0.05) is 6.92 Å². The molecule has 2 heteroatoms. The summed E-state index contributed by atoms with van der Waals surface area (Å²) in [5.74, 6) is 1.82. The quantitative estimate of drug-likeness (QED) is 0.612. The number of carbonyl (C=O) groups is 1. The molecule has 2 atom stereocenters. The summed E-state index contributed by atoms with van der Waals surface area (Å²) >= 11 is 0. The molecule has 58 valence electrons. The van der Waals surface area contributed by atoms with Crippen LogP contribution in [0.1, 0.15) is 25.0 Å². The van der Waals surface area contributed by atoms with Crippen molar-refractivity contribution >= 4 is 5.78 Å². The lowest BCUT2D eigenvalue weighted by Gasteiger charge is -2.30. The molecule has 0 saturated heterocycles. The van der Waals surface area contributed by atoms with Gasteiger partial charge in [-0.15, -0.1) is 0 Å². The predicted octanol–water partition coefficient (Wildman–Crippen LogP) is 1.97. The summed E-state index contributed by atoms with van der Waals surface area (Å²) in [5, 5.41) is 0. The number of rotatable bonds is 1. The Balaban J connectivity index is 2.15. The fraction of sp³-hybridized carbons (Fsp3) is 0.444. The summed E-state index contributed by atoms with van der Waals surface area (Å²) in [4.78, 5) is 10.9. The number of hydrogen-bond acceptors (Lipinski definition) is 2. The van der Waals surface area contributed by atoms with Crippen LogP contribution in [-0.2, 0) is 4.79 Å². The maximum Gasteiger partial charge on any atom is 0.137 e. The molecule has 0 unspecified atom stereocenters. The Hall–Kier alpha value is -1.05. The molecular formula is C9H10O2. The summed E-state index contributed by atoms with van der Waals surface area (Å²) in [7, 11) is 0. The van der Waals surface area contributed by atoms with E-state index in [0.717, 1.165) is 5.76 Å². The van der Waals surface area contributed by atoms with E-state index in [9.17, 15) is 4.79 Å². The smallest absolute Gasteiger partial charge is 0.137 e. The number of furan rings is 1. The van der Waals surface area contributed by atoms with E-state index in [4.69, 9.17) is 4.42 Å². The van der Waals surface area contributed by atoms with E-state index in [-0.39, 0.29) is 5.92 Å². The molecule has 0 aliphatic heterocycles. The van der Waals surface area contributed by atoms with Gasteiger partial charge in [-0.2, -0.15) is 0 Å². The third kappa shape index (κ3) is 0.897. The van der Waals surface area contributed by atoms with Crippen LogP contribution < -0.4 is 0 Å². The van der Waals surface area contributed by atoms with Gasteiger partial charge in [0, 0.05) is 18.3 Å². The van der Waals surface area contributed by atoms with Crippen molar-refractivity contribution in [1.82, 2.24) is 0 Å². The van der Waals surface area contributed by atoms with Crippen LogP contribution in [0.5, 0.6) is 0 Å². The minimum atomic E-state index is 0.168. The van der Waals surface area contributed by atoms with Gasteiger partial charge < -0.3 is 4.42 Å². The summed E-state index contributed by atoms with van der Waals surface area (Å²) in [5.41, 5.74) is 0. The number of Topliss-reactive ketones (excluding diaryl/α,β-unsaturated/α-hetero) is 1. The first-order chi connectivity index (χ1) is 5.29. The molecule has 1 aromatic rings. The van der Waals surface area contributed by atoms with E-state index in [1.54, 1.807) is 6.26 Å². The molecule has 1 aromatic heterocycles. The van der Waals surface area contributed by atoms with Crippen molar-refractivity contribution in [3.05, 3.63) is 24.2 Å². The monoisotopic (exact) mass is 150 g/mol. The molecule has 0 bridgehead atoms. The first-order valence-corrected chi connectivity index (χ1v) is 3.85. The fourth-order valence-corrected chi connectivity index (χ4v) is 1.49. The predicted molar refractivity (Wildman–Crippen MR) is 40.2 cm³/mol. The maximum absolute atomic E-state index is 10.9. The zero-order chi connectivity index (χ0) is 7.84. The summed E-state index contributed by atoms with van der Waals surface area (Å²) in [6.07, 6.45) is 2.32. The second kappa shape index (κ2) is 2.22. The highest BCUT2D eigenvalue weighted by Crippen LogP contribution is 2.39. The lowest BCUT2D eigenvalue weighted by atomic mass is 9.72. The SMILES string of the molecule is C[C@H]1C(=O)C[C@@H]1c1ccco1. The highest BCUT2D eigenvalue weighted by Gasteiger charge is 2.38. The minimum absolute atomic E-state index is 0.168. The number of carbonyl (C=O) groups excluding carboxylic acids is 1. The minimum Gasteiger partial charge on any atom is -0.469 e. The van der Waals surface area contributed by atoms with Crippen molar-refractivity contribution in [2.24, 2.45) is 5.92 Å². The van der Waals surface area contributed by atoms with E-state index in [1.165, 1.54) is 0 Å². The largest absolute Gasteiger partial charge is 0.469 e. The van der Waals surface area contributed by atoms with E-state index in [0.29, 0.717) is 18.1 Å². The molecule has 0 aromatic carbocycles. The molecule has 0 N–H and O–H groups in total. The van der Waals surface area contributed by atoms with Crippen LogP contribution in [0.25, 0.3) is 0 Å². The Labute approximate surface area is 65.2 Å². The zero-order valence-corrected chi connectivity index (χ0v) is 6.41. The Kier molecular flexibility index (Phi) is 1.34. The highest BCUT2D eigenvalue weighted by molar-refractivity contribution is 5.88. The van der Waals surface area contributed by atoms with E-state index < -0.39 is 0 Å². The van der Waals surface area contributed by atoms with Crippen LogP contribution in [0.4, 0.5) is 0 Å². The van der Waals surface area contributed by atoms with Crippen LogP contribution in [0.15, 0.2) is 22.8 Å². The Morgan fingerprint density at radius 3 is 2.91 bits per heavy atom. The normalized spacial score (nSPS) is 30.1. The summed E-state index contributed by atoms with van der Waals surface area (Å²) < 4.78 is 5.20. The van der Waals surface area contributed by atoms with Crippen LogP contribution >= 0.6 is 0 Å². The topological polar surface area (TPSA) is 30.2 Å². The molecule has 1 fully saturated rings. The van der Waals surface area contributed by atoms with Crippen LogP contribution in [0.2, 0.25) is 0 Å². The highest BCUT2D eigenvalue weighted by atomic mass is 16.3.